The molecule has 0 radical (unpaired) electrons. The molecule has 0 unspecified atom stereocenters. The summed E-state index contributed by atoms with van der Waals surface area (Å²) < 4.78 is 1.95. The summed E-state index contributed by atoms with van der Waals surface area (Å²) in [5.74, 6) is 2.22. The molecule has 1 fully saturated rings. The molecule has 40 heavy (non-hydrogen) atoms. The van der Waals surface area contributed by atoms with E-state index in [1.807, 2.05) is 35.8 Å². The van der Waals surface area contributed by atoms with Crippen LogP contribution >= 0.6 is 0 Å². The Balaban J connectivity index is 1.39. The fourth-order valence-corrected chi connectivity index (χ4v) is 5.86. The van der Waals surface area contributed by atoms with Crippen LogP contribution < -0.4 is 15.5 Å². The lowest BCUT2D eigenvalue weighted by Gasteiger charge is -2.25. The quantitative estimate of drug-likeness (QED) is 0.318. The van der Waals surface area contributed by atoms with Gasteiger partial charge in [-0.15, -0.1) is 10.2 Å². The number of nitrogens with two attached hydrogens (primary N) is 1. The summed E-state index contributed by atoms with van der Waals surface area (Å²) in [7, 11) is 2.16. The van der Waals surface area contributed by atoms with E-state index in [0.717, 1.165) is 81.0 Å². The summed E-state index contributed by atoms with van der Waals surface area (Å²) in [5, 5.41) is 8.30. The molecular weight excluding hydrogens is 502 g/mol. The molecule has 0 aliphatic carbocycles. The van der Waals surface area contributed by atoms with Crippen LogP contribution in [-0.2, 0) is 19.6 Å². The third kappa shape index (κ3) is 6.02. The van der Waals surface area contributed by atoms with Crippen LogP contribution in [0.4, 0.5) is 11.6 Å². The Morgan fingerprint density at radius 2 is 1.93 bits per heavy atom. The van der Waals surface area contributed by atoms with Gasteiger partial charge in [-0.2, -0.15) is 0 Å². The van der Waals surface area contributed by atoms with Gasteiger partial charge in [0.25, 0.3) is 5.91 Å². The molecule has 10 nitrogen and oxygen atoms in total. The maximum absolute atomic E-state index is 13.9. The van der Waals surface area contributed by atoms with E-state index in [2.05, 4.69) is 34.0 Å². The zero-order valence-electron chi connectivity index (χ0n) is 24.2. The highest BCUT2D eigenvalue weighted by Gasteiger charge is 2.34. The smallest absolute Gasteiger partial charge is 0.260 e. The number of hydrogen-bond donors (Lipinski definition) is 1. The van der Waals surface area contributed by atoms with Gasteiger partial charge < -0.3 is 20.1 Å². The molecule has 0 aromatic carbocycles. The normalized spacial score (nSPS) is 16.9. The van der Waals surface area contributed by atoms with E-state index in [1.165, 1.54) is 19.3 Å². The lowest BCUT2D eigenvalue weighted by atomic mass is 10.1. The van der Waals surface area contributed by atoms with Crippen LogP contribution in [0.3, 0.4) is 0 Å². The molecule has 3 aromatic rings. The van der Waals surface area contributed by atoms with Crippen molar-refractivity contribution in [1.29, 1.82) is 0 Å². The van der Waals surface area contributed by atoms with Crippen molar-refractivity contribution in [1.82, 2.24) is 29.6 Å². The summed E-state index contributed by atoms with van der Waals surface area (Å²) in [6, 6.07) is 8.18. The minimum Gasteiger partial charge on any atom is -0.354 e. The van der Waals surface area contributed by atoms with Crippen molar-refractivity contribution in [2.45, 2.75) is 84.5 Å². The van der Waals surface area contributed by atoms with E-state index in [0.29, 0.717) is 29.9 Å². The zero-order chi connectivity index (χ0) is 28.1. The van der Waals surface area contributed by atoms with Crippen LogP contribution in [0.2, 0.25) is 0 Å². The zero-order valence-corrected chi connectivity index (χ0v) is 24.2. The fraction of sp³-hybridized carbons (Fsp3) is 0.567. The number of pyridine rings is 2. The Labute approximate surface area is 237 Å². The summed E-state index contributed by atoms with van der Waals surface area (Å²) in [6.07, 6.45) is 9.90. The van der Waals surface area contributed by atoms with E-state index in [1.54, 1.807) is 11.2 Å². The first-order valence-electron chi connectivity index (χ1n) is 14.8. The number of anilines is 2. The number of unbranched alkanes of at least 4 members (excludes halogenated alkanes) is 4. The summed E-state index contributed by atoms with van der Waals surface area (Å²) in [4.78, 5) is 30.4. The van der Waals surface area contributed by atoms with E-state index in [4.69, 9.17) is 15.7 Å². The van der Waals surface area contributed by atoms with Crippen LogP contribution in [0.25, 0.3) is 11.5 Å². The number of amides is 1. The Morgan fingerprint density at radius 3 is 2.70 bits per heavy atom. The third-order valence-electron chi connectivity index (χ3n) is 8.20. The minimum atomic E-state index is -0.0177. The molecule has 1 saturated heterocycles. The van der Waals surface area contributed by atoms with E-state index < -0.39 is 0 Å². The van der Waals surface area contributed by atoms with E-state index in [9.17, 15) is 4.79 Å². The van der Waals surface area contributed by atoms with Gasteiger partial charge in [-0.1, -0.05) is 25.3 Å². The van der Waals surface area contributed by atoms with Crippen molar-refractivity contribution in [2.75, 3.05) is 36.5 Å². The van der Waals surface area contributed by atoms with Crippen molar-refractivity contribution < 1.29 is 4.79 Å². The van der Waals surface area contributed by atoms with Crippen LogP contribution in [0.1, 0.15) is 80.4 Å². The van der Waals surface area contributed by atoms with Crippen molar-refractivity contribution in [2.24, 2.45) is 5.73 Å². The van der Waals surface area contributed by atoms with Gasteiger partial charge in [0.15, 0.2) is 5.82 Å². The lowest BCUT2D eigenvalue weighted by Crippen LogP contribution is -2.28. The third-order valence-corrected chi connectivity index (χ3v) is 8.20. The standard InChI is InChI=1S/C30H43N9O/c1-4-37-21-32-35-29(37)25-13-10-14-27(33-25)39-19-24-23(30(39)40)18-28(38-17-11-12-22(38)2)34-26(24)20-36(3)16-9-7-5-6-8-15-31/h10,13-14,18,21-22H,4-9,11-12,15-17,19-20,31H2,1-3H3/t22-/m1/s1. The van der Waals surface area contributed by atoms with Gasteiger partial charge >= 0.3 is 0 Å². The molecular formula is C30H43N9O. The molecule has 5 heterocycles. The fourth-order valence-electron chi connectivity index (χ4n) is 5.86. The number of aryl methyl sites for hydroxylation is 1. The molecule has 5 rings (SSSR count). The molecule has 214 valence electrons. The predicted molar refractivity (Wildman–Crippen MR) is 158 cm³/mol. The maximum atomic E-state index is 13.9. The molecule has 0 bridgehead atoms. The van der Waals surface area contributed by atoms with E-state index >= 15 is 0 Å². The largest absolute Gasteiger partial charge is 0.354 e. The van der Waals surface area contributed by atoms with Crippen LogP contribution in [0, 0.1) is 0 Å². The monoisotopic (exact) mass is 545 g/mol. The molecule has 0 saturated carbocycles. The molecule has 0 spiro atoms. The first kappa shape index (κ1) is 28.2. The number of hydrogen-bond acceptors (Lipinski definition) is 8. The highest BCUT2D eigenvalue weighted by molar-refractivity contribution is 6.10. The second kappa shape index (κ2) is 12.9. The summed E-state index contributed by atoms with van der Waals surface area (Å²) in [5.41, 5.74) is 9.09. The van der Waals surface area contributed by atoms with Crippen molar-refractivity contribution in [3.8, 4) is 11.5 Å². The predicted octanol–water partition coefficient (Wildman–Crippen LogP) is 4.25. The molecule has 1 amide bonds. The molecule has 1 atom stereocenters. The molecule has 2 aliphatic heterocycles. The highest BCUT2D eigenvalue weighted by atomic mass is 16.2. The van der Waals surface area contributed by atoms with Gasteiger partial charge in [-0.05, 0) is 77.9 Å². The second-order valence-corrected chi connectivity index (χ2v) is 11.1. The molecule has 3 aromatic heterocycles. The molecule has 2 N–H and O–H groups in total. The van der Waals surface area contributed by atoms with Crippen LogP contribution in [0.5, 0.6) is 0 Å². The number of carbonyl (C=O) groups excluding carboxylic acids is 1. The van der Waals surface area contributed by atoms with Gasteiger partial charge in [0.2, 0.25) is 0 Å². The van der Waals surface area contributed by atoms with Gasteiger partial charge in [-0.25, -0.2) is 9.97 Å². The number of nitrogens with zero attached hydrogens (tertiary/aromatic N) is 8. The van der Waals surface area contributed by atoms with Gasteiger partial charge in [0, 0.05) is 31.2 Å². The molecule has 10 heteroatoms. The van der Waals surface area contributed by atoms with Crippen molar-refractivity contribution >= 4 is 17.5 Å². The van der Waals surface area contributed by atoms with Crippen LogP contribution in [-0.4, -0.2) is 68.3 Å². The maximum Gasteiger partial charge on any atom is 0.260 e. The molecule has 2 aliphatic rings. The van der Waals surface area contributed by atoms with Gasteiger partial charge in [-0.3, -0.25) is 9.69 Å². The number of aromatic nitrogens is 5. The Morgan fingerprint density at radius 1 is 1.10 bits per heavy atom. The average molecular weight is 546 g/mol. The van der Waals surface area contributed by atoms with Gasteiger partial charge in [0.05, 0.1) is 17.8 Å². The topological polar surface area (TPSA) is 109 Å². The van der Waals surface area contributed by atoms with E-state index in [-0.39, 0.29) is 5.91 Å². The first-order chi connectivity index (χ1) is 19.5. The Bertz CT molecular complexity index is 1310. The Kier molecular flexibility index (Phi) is 9.06. The van der Waals surface area contributed by atoms with Gasteiger partial charge in [0.1, 0.15) is 23.7 Å². The highest BCUT2D eigenvalue weighted by Crippen LogP contribution is 2.34. The summed E-state index contributed by atoms with van der Waals surface area (Å²) in [6.45, 7) is 8.98. The number of carbonyl (C=O) groups is 1. The minimum absolute atomic E-state index is 0.0177. The first-order valence-corrected chi connectivity index (χ1v) is 14.8. The van der Waals surface area contributed by atoms with Crippen molar-refractivity contribution in [3.63, 3.8) is 0 Å². The average Bonchev–Trinajstić information content (AvgIpc) is 3.69. The van der Waals surface area contributed by atoms with Crippen LogP contribution in [0.15, 0.2) is 30.6 Å². The summed E-state index contributed by atoms with van der Waals surface area (Å²) >= 11 is 0. The lowest BCUT2D eigenvalue weighted by molar-refractivity contribution is 0.0996. The SMILES string of the molecule is CCn1cnnc1-c1cccc(N2Cc3c(cc(N4CCC[C@H]4C)nc3CN(C)CCCCCCCN)C2=O)n1. The number of rotatable bonds is 13. The number of fused-ring (bicyclic) bond motifs is 1. The van der Waals surface area contributed by atoms with Crippen molar-refractivity contribution in [3.05, 3.63) is 47.4 Å². The Hall–Kier alpha value is -3.37. The second-order valence-electron chi connectivity index (χ2n) is 11.1.